The van der Waals surface area contributed by atoms with Crippen molar-refractivity contribution < 1.29 is 0 Å². The summed E-state index contributed by atoms with van der Waals surface area (Å²) in [5.74, 6) is 0. The molecule has 0 spiro atoms. The Hall–Kier alpha value is -0.890. The Morgan fingerprint density at radius 2 is 2.00 bits per heavy atom. The van der Waals surface area contributed by atoms with Gasteiger partial charge in [0, 0.05) is 18.3 Å². The maximum absolute atomic E-state index is 4.52. The number of aryl methyl sites for hydroxylation is 1. The van der Waals surface area contributed by atoms with Crippen molar-refractivity contribution in [3.05, 3.63) is 29.6 Å². The van der Waals surface area contributed by atoms with Gasteiger partial charge >= 0.3 is 0 Å². The Morgan fingerprint density at radius 1 is 1.18 bits per heavy atom. The minimum Gasteiger partial charge on any atom is -0.308 e. The second-order valence-corrected chi connectivity index (χ2v) is 4.78. The van der Waals surface area contributed by atoms with Gasteiger partial charge in [-0.25, -0.2) is 0 Å². The molecule has 1 aromatic rings. The van der Waals surface area contributed by atoms with Gasteiger partial charge in [-0.2, -0.15) is 0 Å². The number of aromatic nitrogens is 1. The van der Waals surface area contributed by atoms with Crippen molar-refractivity contribution in [3.63, 3.8) is 0 Å². The Bertz CT molecular complexity index is 310. The fraction of sp³-hybridized carbons (Fsp3) is 0.667. The maximum atomic E-state index is 4.52. The number of hydrogen-bond donors (Lipinski definition) is 1. The van der Waals surface area contributed by atoms with Crippen LogP contribution in [0.2, 0.25) is 0 Å². The fourth-order valence-electron chi connectivity index (χ4n) is 2.09. The number of pyridine rings is 1. The van der Waals surface area contributed by atoms with Gasteiger partial charge in [-0.3, -0.25) is 4.98 Å². The van der Waals surface area contributed by atoms with Gasteiger partial charge in [0.1, 0.15) is 0 Å². The van der Waals surface area contributed by atoms with E-state index in [2.05, 4.69) is 36.3 Å². The molecule has 1 heterocycles. The lowest BCUT2D eigenvalue weighted by atomic mass is 10.1. The Balaban J connectivity index is 2.39. The molecular formula is C15H26N2. The average molecular weight is 234 g/mol. The van der Waals surface area contributed by atoms with Crippen molar-refractivity contribution in [1.82, 2.24) is 10.3 Å². The first-order valence-electron chi connectivity index (χ1n) is 6.92. The molecule has 2 nitrogen and oxygen atoms in total. The lowest BCUT2D eigenvalue weighted by Crippen LogP contribution is -2.28. The first kappa shape index (κ1) is 14.2. The second-order valence-electron chi connectivity index (χ2n) is 4.78. The summed E-state index contributed by atoms with van der Waals surface area (Å²) in [5, 5.41) is 3.64. The van der Waals surface area contributed by atoms with Crippen LogP contribution in [0.15, 0.2) is 18.2 Å². The summed E-state index contributed by atoms with van der Waals surface area (Å²) >= 11 is 0. The summed E-state index contributed by atoms with van der Waals surface area (Å²) in [6, 6.07) is 6.88. The molecule has 0 aliphatic heterocycles. The standard InChI is InChI=1S/C15H26N2/c1-4-6-10-14(8-5-2)16-12-15-11-7-9-13(3)17-15/h7,9,11,14,16H,4-6,8,10,12H2,1-3H3. The fourth-order valence-corrected chi connectivity index (χ4v) is 2.09. The molecule has 96 valence electrons. The largest absolute Gasteiger partial charge is 0.308 e. The highest BCUT2D eigenvalue weighted by Gasteiger charge is 2.06. The molecule has 1 N–H and O–H groups in total. The molecule has 17 heavy (non-hydrogen) atoms. The molecule has 0 bridgehead atoms. The highest BCUT2D eigenvalue weighted by atomic mass is 14.9. The second kappa shape index (κ2) is 8.24. The van der Waals surface area contributed by atoms with E-state index in [9.17, 15) is 0 Å². The van der Waals surface area contributed by atoms with E-state index in [1.807, 2.05) is 13.0 Å². The summed E-state index contributed by atoms with van der Waals surface area (Å²) in [6.07, 6.45) is 6.41. The molecule has 0 saturated heterocycles. The van der Waals surface area contributed by atoms with Crippen molar-refractivity contribution in [3.8, 4) is 0 Å². The highest BCUT2D eigenvalue weighted by molar-refractivity contribution is 5.09. The van der Waals surface area contributed by atoms with Crippen LogP contribution in [0, 0.1) is 6.92 Å². The number of rotatable bonds is 8. The van der Waals surface area contributed by atoms with E-state index in [1.165, 1.54) is 32.1 Å². The average Bonchev–Trinajstić information content (AvgIpc) is 2.33. The molecule has 0 radical (unpaired) electrons. The van der Waals surface area contributed by atoms with E-state index in [4.69, 9.17) is 0 Å². The van der Waals surface area contributed by atoms with Crippen LogP contribution in [-0.4, -0.2) is 11.0 Å². The first-order chi connectivity index (χ1) is 8.26. The lowest BCUT2D eigenvalue weighted by molar-refractivity contribution is 0.431. The Morgan fingerprint density at radius 3 is 2.65 bits per heavy atom. The third-order valence-electron chi connectivity index (χ3n) is 3.06. The zero-order valence-electron chi connectivity index (χ0n) is 11.5. The Labute approximate surface area is 106 Å². The van der Waals surface area contributed by atoms with Gasteiger partial charge in [0.15, 0.2) is 0 Å². The predicted molar refractivity (Wildman–Crippen MR) is 74.0 cm³/mol. The summed E-state index contributed by atoms with van der Waals surface area (Å²) < 4.78 is 0. The normalized spacial score (nSPS) is 12.6. The van der Waals surface area contributed by atoms with Gasteiger partial charge in [-0.05, 0) is 31.9 Å². The molecular weight excluding hydrogens is 208 g/mol. The van der Waals surface area contributed by atoms with Gasteiger partial charge in [-0.1, -0.05) is 39.2 Å². The van der Waals surface area contributed by atoms with Crippen LogP contribution < -0.4 is 5.32 Å². The van der Waals surface area contributed by atoms with Gasteiger partial charge in [0.2, 0.25) is 0 Å². The molecule has 0 fully saturated rings. The van der Waals surface area contributed by atoms with Crippen LogP contribution in [0.1, 0.15) is 57.3 Å². The van der Waals surface area contributed by atoms with Crippen LogP contribution >= 0.6 is 0 Å². The van der Waals surface area contributed by atoms with E-state index < -0.39 is 0 Å². The van der Waals surface area contributed by atoms with Crippen molar-refractivity contribution in [2.75, 3.05) is 0 Å². The van der Waals surface area contributed by atoms with Crippen LogP contribution in [0.25, 0.3) is 0 Å². The topological polar surface area (TPSA) is 24.9 Å². The Kier molecular flexibility index (Phi) is 6.87. The quantitative estimate of drug-likeness (QED) is 0.739. The number of nitrogens with zero attached hydrogens (tertiary/aromatic N) is 1. The zero-order chi connectivity index (χ0) is 12.5. The van der Waals surface area contributed by atoms with E-state index in [1.54, 1.807) is 0 Å². The van der Waals surface area contributed by atoms with E-state index in [0.29, 0.717) is 6.04 Å². The highest BCUT2D eigenvalue weighted by Crippen LogP contribution is 2.08. The molecule has 1 rings (SSSR count). The molecule has 1 unspecified atom stereocenters. The van der Waals surface area contributed by atoms with E-state index in [-0.39, 0.29) is 0 Å². The van der Waals surface area contributed by atoms with Crippen LogP contribution in [0.5, 0.6) is 0 Å². The zero-order valence-corrected chi connectivity index (χ0v) is 11.5. The molecule has 0 amide bonds. The number of hydrogen-bond acceptors (Lipinski definition) is 2. The molecule has 2 heteroatoms. The minimum absolute atomic E-state index is 0.655. The van der Waals surface area contributed by atoms with Gasteiger partial charge in [0.05, 0.1) is 5.69 Å². The summed E-state index contributed by atoms with van der Waals surface area (Å²) in [6.45, 7) is 7.46. The minimum atomic E-state index is 0.655. The molecule has 0 saturated carbocycles. The molecule has 0 aliphatic rings. The summed E-state index contributed by atoms with van der Waals surface area (Å²) in [5.41, 5.74) is 2.26. The van der Waals surface area contributed by atoms with Crippen molar-refractivity contribution in [2.45, 2.75) is 65.5 Å². The van der Waals surface area contributed by atoms with Crippen molar-refractivity contribution in [1.29, 1.82) is 0 Å². The predicted octanol–water partition coefficient (Wildman–Crippen LogP) is 3.84. The van der Waals surface area contributed by atoms with Crippen LogP contribution in [-0.2, 0) is 6.54 Å². The number of nitrogens with one attached hydrogen (secondary N) is 1. The molecule has 1 atom stereocenters. The summed E-state index contributed by atoms with van der Waals surface area (Å²) in [7, 11) is 0. The van der Waals surface area contributed by atoms with Gasteiger partial charge in [0.25, 0.3) is 0 Å². The van der Waals surface area contributed by atoms with Gasteiger partial charge < -0.3 is 5.32 Å². The van der Waals surface area contributed by atoms with Crippen LogP contribution in [0.4, 0.5) is 0 Å². The SMILES string of the molecule is CCCCC(CCC)NCc1cccc(C)n1. The monoisotopic (exact) mass is 234 g/mol. The van der Waals surface area contributed by atoms with Crippen molar-refractivity contribution >= 4 is 0 Å². The third kappa shape index (κ3) is 5.83. The smallest absolute Gasteiger partial charge is 0.0544 e. The molecule has 0 aliphatic carbocycles. The van der Waals surface area contributed by atoms with E-state index >= 15 is 0 Å². The maximum Gasteiger partial charge on any atom is 0.0544 e. The van der Waals surface area contributed by atoms with Crippen molar-refractivity contribution in [2.24, 2.45) is 0 Å². The third-order valence-corrected chi connectivity index (χ3v) is 3.06. The number of unbranched alkanes of at least 4 members (excludes halogenated alkanes) is 1. The summed E-state index contributed by atoms with van der Waals surface area (Å²) in [4.78, 5) is 4.52. The van der Waals surface area contributed by atoms with Crippen LogP contribution in [0.3, 0.4) is 0 Å². The first-order valence-corrected chi connectivity index (χ1v) is 6.92. The lowest BCUT2D eigenvalue weighted by Gasteiger charge is -2.17. The molecule has 0 aromatic carbocycles. The van der Waals surface area contributed by atoms with Gasteiger partial charge in [-0.15, -0.1) is 0 Å². The van der Waals surface area contributed by atoms with E-state index in [0.717, 1.165) is 17.9 Å². The molecule has 1 aromatic heterocycles.